The molecule has 0 saturated carbocycles. The summed E-state index contributed by atoms with van der Waals surface area (Å²) in [6.45, 7) is 78.7. The zero-order valence-electron chi connectivity index (χ0n) is 71.9. The molecule has 0 amide bonds. The lowest BCUT2D eigenvalue weighted by atomic mass is 9.77. The molecule has 20 aliphatic heterocycles. The first-order chi connectivity index (χ1) is 50.3. The number of rotatable bonds is 10. The summed E-state index contributed by atoms with van der Waals surface area (Å²) in [5.41, 5.74) is 3.92. The van der Waals surface area contributed by atoms with Crippen LogP contribution in [0.5, 0.6) is 0 Å². The summed E-state index contributed by atoms with van der Waals surface area (Å²) in [6, 6.07) is 6.93. The van der Waals surface area contributed by atoms with Crippen LogP contribution in [-0.4, -0.2) is 346 Å². The van der Waals surface area contributed by atoms with Crippen LogP contribution in [-0.2, 0) is 47.4 Å². The van der Waals surface area contributed by atoms with Crippen molar-refractivity contribution < 1.29 is 47.4 Å². The van der Waals surface area contributed by atoms with Crippen molar-refractivity contribution in [3.8, 4) is 0 Å². The molecule has 20 fully saturated rings. The Bertz CT molecular complexity index is 2460. The highest BCUT2D eigenvalue weighted by Gasteiger charge is 2.56. The van der Waals surface area contributed by atoms with Crippen LogP contribution in [0.4, 0.5) is 0 Å². The van der Waals surface area contributed by atoms with Crippen LogP contribution in [0, 0.1) is 16.2 Å². The second kappa shape index (κ2) is 36.2. The number of likely N-dealkylation sites (tertiary alicyclic amines) is 10. The lowest BCUT2D eigenvalue weighted by Crippen LogP contribution is -2.72. The zero-order valence-corrected chi connectivity index (χ0v) is 71.9. The van der Waals surface area contributed by atoms with Gasteiger partial charge in [0.05, 0.1) is 108 Å². The van der Waals surface area contributed by atoms with Gasteiger partial charge in [-0.05, 0) is 216 Å². The van der Waals surface area contributed by atoms with Crippen molar-refractivity contribution >= 4 is 0 Å². The predicted octanol–water partition coefficient (Wildman–Crippen LogP) is 11.7. The highest BCUT2D eigenvalue weighted by Crippen LogP contribution is 2.47. The van der Waals surface area contributed by atoms with Crippen LogP contribution in [0.2, 0.25) is 0 Å². The number of ether oxygens (including phenoxy) is 10. The van der Waals surface area contributed by atoms with E-state index in [-0.39, 0.29) is 17.2 Å². The molecular formula is C86H162N10O10. The van der Waals surface area contributed by atoms with Crippen LogP contribution < -0.4 is 0 Å². The molecule has 20 rings (SSSR count). The van der Waals surface area contributed by atoms with Crippen molar-refractivity contribution in [2.75, 3.05) is 197 Å². The maximum Gasteiger partial charge on any atom is 0.125 e. The average Bonchev–Trinajstić information content (AvgIpc) is 0.869. The molecule has 20 aliphatic rings. The fourth-order valence-electron chi connectivity index (χ4n) is 20.7. The van der Waals surface area contributed by atoms with Gasteiger partial charge in [-0.2, -0.15) is 0 Å². The summed E-state index contributed by atoms with van der Waals surface area (Å²) in [6.07, 6.45) is 20.6. The first-order valence-electron chi connectivity index (χ1n) is 43.9. The SMILES string of the molecule is CC(C)N1CC2(CCO2)C1.CC(C)N1CC2(CCOC2)C1.CC(C)N1CC2(COC2)C1.CC(C)N1CCC12CCCO2.CC(C)N1CCC12CCO2.CC(C)N1CCC12COC2.CC(C)N1CCC2(CCO2)C1.CC(C)N1CCC2(COC2)C1.CC(C)N1CCCC12CCO2.CC(C)N1CCCC12COC2. The molecule has 20 nitrogen and oxygen atoms in total. The third-order valence-corrected chi connectivity index (χ3v) is 28.9. The third kappa shape index (κ3) is 19.5. The Hall–Kier alpha value is -0.800. The van der Waals surface area contributed by atoms with Crippen molar-refractivity contribution in [2.45, 2.75) is 341 Å². The number of nitrogens with zero attached hydrogens (tertiary/aromatic N) is 10. The Labute approximate surface area is 647 Å². The first-order valence-corrected chi connectivity index (χ1v) is 43.9. The van der Waals surface area contributed by atoms with Gasteiger partial charge in [-0.3, -0.25) is 44.1 Å². The molecule has 4 atom stereocenters. The Balaban J connectivity index is 0.000000118. The van der Waals surface area contributed by atoms with Gasteiger partial charge in [0.15, 0.2) is 0 Å². The van der Waals surface area contributed by atoms with Gasteiger partial charge in [-0.1, -0.05) is 0 Å². The van der Waals surface area contributed by atoms with E-state index in [0.29, 0.717) is 80.8 Å². The van der Waals surface area contributed by atoms with Crippen LogP contribution >= 0.6 is 0 Å². The van der Waals surface area contributed by atoms with E-state index < -0.39 is 0 Å². The lowest BCUT2D eigenvalue weighted by Gasteiger charge is -2.59. The molecule has 0 aliphatic carbocycles. The van der Waals surface area contributed by atoms with Gasteiger partial charge >= 0.3 is 0 Å². The Kier molecular flexibility index (Phi) is 29.4. The largest absolute Gasteiger partial charge is 0.381 e. The molecule has 0 radical (unpaired) electrons. The maximum absolute atomic E-state index is 5.78. The topological polar surface area (TPSA) is 125 Å². The third-order valence-electron chi connectivity index (χ3n) is 28.9. The van der Waals surface area contributed by atoms with Gasteiger partial charge < -0.3 is 52.3 Å². The van der Waals surface area contributed by atoms with E-state index in [2.05, 4.69) is 187 Å². The molecule has 10 spiro atoms. The smallest absolute Gasteiger partial charge is 0.125 e. The van der Waals surface area contributed by atoms with E-state index in [0.717, 1.165) is 117 Å². The summed E-state index contributed by atoms with van der Waals surface area (Å²) in [5.74, 6) is 0. The van der Waals surface area contributed by atoms with Crippen molar-refractivity contribution in [1.29, 1.82) is 0 Å². The van der Waals surface area contributed by atoms with Crippen molar-refractivity contribution in [3.05, 3.63) is 0 Å². The highest BCUT2D eigenvalue weighted by molar-refractivity contribution is 5.08. The van der Waals surface area contributed by atoms with Crippen LogP contribution in [0.1, 0.15) is 241 Å². The van der Waals surface area contributed by atoms with Gasteiger partial charge in [0.2, 0.25) is 0 Å². The number of hydrogen-bond donors (Lipinski definition) is 0. The minimum Gasteiger partial charge on any atom is -0.381 e. The summed E-state index contributed by atoms with van der Waals surface area (Å²) in [7, 11) is 0. The van der Waals surface area contributed by atoms with Gasteiger partial charge in [0.25, 0.3) is 0 Å². The summed E-state index contributed by atoms with van der Waals surface area (Å²) in [4.78, 5) is 25.2. The molecule has 0 bridgehead atoms. The second-order valence-electron chi connectivity index (χ2n) is 39.8. The molecule has 20 saturated heterocycles. The molecule has 0 N–H and O–H groups in total. The monoisotopic (exact) mass is 1500 g/mol. The van der Waals surface area contributed by atoms with Gasteiger partial charge in [-0.25, -0.2) is 0 Å². The molecule has 0 aromatic carbocycles. The molecule has 0 aromatic rings. The van der Waals surface area contributed by atoms with Crippen LogP contribution in [0.3, 0.4) is 0 Å². The van der Waals surface area contributed by atoms with Crippen LogP contribution in [0.25, 0.3) is 0 Å². The first kappa shape index (κ1) is 86.1. The van der Waals surface area contributed by atoms with E-state index in [1.54, 1.807) is 0 Å². The second-order valence-corrected chi connectivity index (χ2v) is 39.8. The zero-order chi connectivity index (χ0) is 76.1. The van der Waals surface area contributed by atoms with Crippen LogP contribution in [0.15, 0.2) is 0 Å². The normalized spacial score (nSPS) is 33.6. The molecule has 616 valence electrons. The quantitative estimate of drug-likeness (QED) is 0.206. The van der Waals surface area contributed by atoms with Gasteiger partial charge in [0.1, 0.15) is 17.2 Å². The van der Waals surface area contributed by atoms with Crippen molar-refractivity contribution in [2.24, 2.45) is 16.2 Å². The summed E-state index contributed by atoms with van der Waals surface area (Å²) >= 11 is 0. The van der Waals surface area contributed by atoms with Crippen molar-refractivity contribution in [1.82, 2.24) is 49.0 Å². The number of hydrogen-bond acceptors (Lipinski definition) is 20. The van der Waals surface area contributed by atoms with Gasteiger partial charge in [0, 0.05) is 213 Å². The van der Waals surface area contributed by atoms with E-state index in [4.69, 9.17) is 47.4 Å². The minimum atomic E-state index is 0.189. The molecular weight excluding hydrogens is 1330 g/mol. The molecule has 106 heavy (non-hydrogen) atoms. The maximum atomic E-state index is 5.78. The predicted molar refractivity (Wildman–Crippen MR) is 427 cm³/mol. The van der Waals surface area contributed by atoms with E-state index in [1.807, 2.05) is 0 Å². The average molecular weight is 1500 g/mol. The Morgan fingerprint density at radius 1 is 0.208 bits per heavy atom. The van der Waals surface area contributed by atoms with Crippen molar-refractivity contribution in [3.63, 3.8) is 0 Å². The fourth-order valence-corrected chi connectivity index (χ4v) is 20.7. The van der Waals surface area contributed by atoms with E-state index >= 15 is 0 Å². The Morgan fingerprint density at radius 2 is 0.557 bits per heavy atom. The fraction of sp³-hybridized carbons (Fsp3) is 1.00. The molecule has 20 heterocycles. The lowest BCUT2D eigenvalue weighted by molar-refractivity contribution is -0.299. The van der Waals surface area contributed by atoms with E-state index in [1.165, 1.54) is 201 Å². The molecule has 20 heteroatoms. The van der Waals surface area contributed by atoms with E-state index in [9.17, 15) is 0 Å². The summed E-state index contributed by atoms with van der Waals surface area (Å²) in [5, 5.41) is 0. The molecule has 0 aromatic heterocycles. The minimum absolute atomic E-state index is 0.189. The highest BCUT2D eigenvalue weighted by atomic mass is 16.6. The molecule has 4 unspecified atom stereocenters. The summed E-state index contributed by atoms with van der Waals surface area (Å²) < 4.78 is 54.5. The standard InChI is InChI=1S/6C9H17NO.4C8H15NO/c1-8(2)10-5-3-9(7-10)4-6-11-9;1-8(2)10-5-9(6-10)3-4-11-7-9;1-8(2)10-4-3-9(5-10)6-11-7-9;1-8(2)10-6-5-9(10)4-3-7-11-9;1-8(2)10-6-3-4-9(10)5-7-11-9;1-8(2)10-5-3-4-9(10)6-11-7-9;1-7(2)9-3-8(4-9)5-10-6-8;1-7(2)9-5-3-8(9)4-6-10-8;1-7(2)9-5-8(6-9)3-4-10-8;1-7(2)9-4-3-8(9)5-10-6-8/h6*8H,3-7H2,1-2H3;4*7H,3-6H2,1-2H3. The Morgan fingerprint density at radius 3 is 0.830 bits per heavy atom. The van der Waals surface area contributed by atoms with Gasteiger partial charge in [-0.15, -0.1) is 0 Å².